The van der Waals surface area contributed by atoms with Gasteiger partial charge in [-0.2, -0.15) is 0 Å². The van der Waals surface area contributed by atoms with E-state index in [9.17, 15) is 8.78 Å². The van der Waals surface area contributed by atoms with Gasteiger partial charge in [0.15, 0.2) is 17.4 Å². The summed E-state index contributed by atoms with van der Waals surface area (Å²) in [6.07, 6.45) is 3.09. The highest BCUT2D eigenvalue weighted by Gasteiger charge is 2.26. The van der Waals surface area contributed by atoms with Gasteiger partial charge in [0.1, 0.15) is 12.3 Å². The van der Waals surface area contributed by atoms with E-state index in [1.54, 1.807) is 6.07 Å². The van der Waals surface area contributed by atoms with Crippen molar-refractivity contribution >= 4 is 11.6 Å². The number of hydrogen-bond acceptors (Lipinski definition) is 6. The van der Waals surface area contributed by atoms with Crippen molar-refractivity contribution in [3.8, 4) is 17.0 Å². The molecule has 0 unspecified atom stereocenters. The smallest absolute Gasteiger partial charge is 0.223 e. The lowest BCUT2D eigenvalue weighted by atomic mass is 10.1. The maximum atomic E-state index is 14.8. The zero-order chi connectivity index (χ0) is 20.5. The van der Waals surface area contributed by atoms with Crippen molar-refractivity contribution in [2.75, 3.05) is 43.5 Å². The molecule has 1 aromatic heterocycles. The molecular formula is C21H27F2N5O. The molecular weight excluding hydrogens is 376 g/mol. The highest BCUT2D eigenvalue weighted by molar-refractivity contribution is 5.72. The van der Waals surface area contributed by atoms with Crippen LogP contribution >= 0.6 is 0 Å². The number of halogens is 2. The van der Waals surface area contributed by atoms with Crippen molar-refractivity contribution in [2.24, 2.45) is 0 Å². The van der Waals surface area contributed by atoms with Gasteiger partial charge in [-0.25, -0.2) is 18.7 Å². The summed E-state index contributed by atoms with van der Waals surface area (Å²) >= 11 is 0. The largest absolute Gasteiger partial charge is 0.486 e. The Labute approximate surface area is 169 Å². The molecule has 1 aromatic carbocycles. The van der Waals surface area contributed by atoms with Crippen LogP contribution in [0.5, 0.6) is 5.75 Å². The van der Waals surface area contributed by atoms with E-state index in [-0.39, 0.29) is 23.5 Å². The number of nitrogens with zero attached hydrogens (tertiary/aromatic N) is 4. The molecule has 1 N–H and O–H groups in total. The number of piperidine rings is 1. The Bertz CT molecular complexity index is 884. The highest BCUT2D eigenvalue weighted by Crippen LogP contribution is 2.39. The number of fused-ring (bicyclic) bond motifs is 1. The summed E-state index contributed by atoms with van der Waals surface area (Å²) in [5.74, 6) is -0.504. The number of ether oxygens (including phenoxy) is 1. The average molecular weight is 403 g/mol. The van der Waals surface area contributed by atoms with Crippen LogP contribution in [-0.4, -0.2) is 60.2 Å². The van der Waals surface area contributed by atoms with Crippen LogP contribution in [-0.2, 0) is 0 Å². The normalized spacial score (nSPS) is 17.9. The Morgan fingerprint density at radius 3 is 2.62 bits per heavy atom. The van der Waals surface area contributed by atoms with Crippen molar-refractivity contribution in [1.82, 2.24) is 14.9 Å². The van der Waals surface area contributed by atoms with Crippen LogP contribution in [0.2, 0.25) is 0 Å². The van der Waals surface area contributed by atoms with Gasteiger partial charge in [0.2, 0.25) is 5.95 Å². The predicted molar refractivity (Wildman–Crippen MR) is 110 cm³/mol. The Hall–Kier alpha value is -2.48. The van der Waals surface area contributed by atoms with Crippen LogP contribution in [0.25, 0.3) is 11.3 Å². The van der Waals surface area contributed by atoms with Gasteiger partial charge in [-0.1, -0.05) is 0 Å². The van der Waals surface area contributed by atoms with Crippen LogP contribution < -0.4 is 15.0 Å². The van der Waals surface area contributed by atoms with Crippen molar-refractivity contribution in [3.63, 3.8) is 0 Å². The second-order valence-corrected chi connectivity index (χ2v) is 8.05. The van der Waals surface area contributed by atoms with Gasteiger partial charge in [-0.3, -0.25) is 0 Å². The number of hydrogen-bond donors (Lipinski definition) is 1. The molecule has 2 aromatic rings. The number of likely N-dealkylation sites (tertiary alicyclic amines) is 1. The Morgan fingerprint density at radius 2 is 1.90 bits per heavy atom. The second kappa shape index (κ2) is 8.10. The summed E-state index contributed by atoms with van der Waals surface area (Å²) in [6.45, 7) is 7.14. The third kappa shape index (κ3) is 4.12. The fourth-order valence-electron chi connectivity index (χ4n) is 3.95. The molecule has 0 atom stereocenters. The lowest BCUT2D eigenvalue weighted by Gasteiger charge is -2.34. The van der Waals surface area contributed by atoms with Crippen LogP contribution in [0.3, 0.4) is 0 Å². The van der Waals surface area contributed by atoms with Gasteiger partial charge in [-0.05, 0) is 59.0 Å². The molecule has 0 radical (unpaired) electrons. The topological polar surface area (TPSA) is 53.5 Å². The van der Waals surface area contributed by atoms with Crippen molar-refractivity contribution < 1.29 is 13.5 Å². The molecule has 0 spiro atoms. The monoisotopic (exact) mass is 403 g/mol. The summed E-state index contributed by atoms with van der Waals surface area (Å²) in [5.41, 5.74) is 1.10. The summed E-state index contributed by atoms with van der Waals surface area (Å²) in [6, 6.07) is 3.45. The molecule has 8 heteroatoms. The number of nitrogens with one attached hydrogen (secondary N) is 1. The summed E-state index contributed by atoms with van der Waals surface area (Å²) in [5, 5.41) is 3.30. The maximum Gasteiger partial charge on any atom is 0.223 e. The molecule has 1 fully saturated rings. The fraction of sp³-hybridized carbons (Fsp3) is 0.524. The van der Waals surface area contributed by atoms with Crippen LogP contribution in [0.1, 0.15) is 26.7 Å². The predicted octanol–water partition coefficient (Wildman–Crippen LogP) is 3.54. The van der Waals surface area contributed by atoms with Crippen LogP contribution in [0.4, 0.5) is 20.4 Å². The second-order valence-electron chi connectivity index (χ2n) is 8.05. The van der Waals surface area contributed by atoms with Gasteiger partial charge in [0.25, 0.3) is 0 Å². The quantitative estimate of drug-likeness (QED) is 0.843. The van der Waals surface area contributed by atoms with E-state index in [1.165, 1.54) is 6.07 Å². The molecule has 156 valence electrons. The lowest BCUT2D eigenvalue weighted by molar-refractivity contribution is 0.263. The van der Waals surface area contributed by atoms with E-state index >= 15 is 0 Å². The molecule has 1 saturated heterocycles. The molecule has 0 aliphatic carbocycles. The zero-order valence-electron chi connectivity index (χ0n) is 17.1. The van der Waals surface area contributed by atoms with Gasteiger partial charge < -0.3 is 19.9 Å². The first-order valence-corrected chi connectivity index (χ1v) is 10.1. The zero-order valence-corrected chi connectivity index (χ0v) is 17.1. The molecule has 0 saturated carbocycles. The van der Waals surface area contributed by atoms with Gasteiger partial charge >= 0.3 is 0 Å². The van der Waals surface area contributed by atoms with Gasteiger partial charge in [-0.15, -0.1) is 0 Å². The third-order valence-corrected chi connectivity index (χ3v) is 5.60. The molecule has 2 aliphatic rings. The van der Waals surface area contributed by atoms with E-state index in [1.807, 2.05) is 13.8 Å². The average Bonchev–Trinajstić information content (AvgIpc) is 2.70. The van der Waals surface area contributed by atoms with Crippen LogP contribution in [0.15, 0.2) is 18.3 Å². The summed E-state index contributed by atoms with van der Waals surface area (Å²) in [4.78, 5) is 12.8. The molecule has 2 aliphatic heterocycles. The molecule has 29 heavy (non-hydrogen) atoms. The standard InChI is InChI=1S/C21H27F2N5O/c1-13(2)28-8-9-29-20-16(22)10-14(11-18(20)28)19-17(23)12-24-21(26-19)25-15-4-6-27(3)7-5-15/h10-13,15H,4-9H2,1-3H3,(H,24,25,26). The van der Waals surface area contributed by atoms with Crippen LogP contribution in [0, 0.1) is 11.6 Å². The van der Waals surface area contributed by atoms with Crippen molar-refractivity contribution in [3.05, 3.63) is 30.0 Å². The Kier molecular flexibility index (Phi) is 5.54. The molecule has 3 heterocycles. The Morgan fingerprint density at radius 1 is 1.14 bits per heavy atom. The van der Waals surface area contributed by atoms with E-state index in [0.717, 1.165) is 32.1 Å². The first-order valence-electron chi connectivity index (χ1n) is 10.1. The molecule has 0 bridgehead atoms. The molecule has 4 rings (SSSR count). The minimum Gasteiger partial charge on any atom is -0.486 e. The van der Waals surface area contributed by atoms with Crippen molar-refractivity contribution in [2.45, 2.75) is 38.8 Å². The SMILES string of the molecule is CC(C)N1CCOc2c(F)cc(-c3nc(NC4CCN(C)CC4)ncc3F)cc21. The minimum absolute atomic E-state index is 0.0893. The molecule has 0 amide bonds. The fourth-order valence-corrected chi connectivity index (χ4v) is 3.95. The number of aromatic nitrogens is 2. The molecule has 6 nitrogen and oxygen atoms in total. The number of benzene rings is 1. The third-order valence-electron chi connectivity index (χ3n) is 5.60. The summed E-state index contributed by atoms with van der Waals surface area (Å²) < 4.78 is 34.9. The summed E-state index contributed by atoms with van der Waals surface area (Å²) in [7, 11) is 2.09. The number of anilines is 2. The van der Waals surface area contributed by atoms with Gasteiger partial charge in [0.05, 0.1) is 18.4 Å². The minimum atomic E-state index is -0.578. The van der Waals surface area contributed by atoms with E-state index in [2.05, 4.69) is 32.1 Å². The highest BCUT2D eigenvalue weighted by atomic mass is 19.1. The maximum absolute atomic E-state index is 14.8. The first-order chi connectivity index (χ1) is 13.9. The van der Waals surface area contributed by atoms with E-state index in [4.69, 9.17) is 4.74 Å². The lowest BCUT2D eigenvalue weighted by Crippen LogP contribution is -2.38. The van der Waals surface area contributed by atoms with Gasteiger partial charge in [0, 0.05) is 17.6 Å². The Balaban J connectivity index is 1.66. The van der Waals surface area contributed by atoms with Crippen molar-refractivity contribution in [1.29, 1.82) is 0 Å². The van der Waals surface area contributed by atoms with E-state index in [0.29, 0.717) is 30.4 Å². The van der Waals surface area contributed by atoms with E-state index < -0.39 is 11.6 Å². The first kappa shape index (κ1) is 19.8. The number of rotatable bonds is 4.